The van der Waals surface area contributed by atoms with Crippen molar-refractivity contribution in [2.24, 2.45) is 0 Å². The van der Waals surface area contributed by atoms with Gasteiger partial charge in [0.05, 0.1) is 41.4 Å². The summed E-state index contributed by atoms with van der Waals surface area (Å²) in [6.45, 7) is 8.54. The molecular formula is C37H51N3O8S2. The van der Waals surface area contributed by atoms with Crippen LogP contribution in [-0.4, -0.2) is 101 Å². The minimum Gasteiger partial charge on any atom is -0.726 e. The van der Waals surface area contributed by atoms with E-state index in [0.717, 1.165) is 75.5 Å². The second kappa shape index (κ2) is 21.0. The van der Waals surface area contributed by atoms with E-state index in [-0.39, 0.29) is 0 Å². The molecule has 0 unspecified atom stereocenters. The Morgan fingerprint density at radius 2 is 0.700 bits per heavy atom. The van der Waals surface area contributed by atoms with Gasteiger partial charge in [-0.05, 0) is 7.05 Å². The molecule has 0 aliphatic heterocycles. The summed E-state index contributed by atoms with van der Waals surface area (Å²) < 4.78 is 64.0. The van der Waals surface area contributed by atoms with Gasteiger partial charge in [-0.15, -0.1) is 0 Å². The van der Waals surface area contributed by atoms with Crippen molar-refractivity contribution in [3.63, 3.8) is 0 Å². The fraction of sp³-hybridized carbons (Fsp3) is 0.351. The average Bonchev–Trinajstić information content (AvgIpc) is 3.08. The Hall–Kier alpha value is -3.50. The number of likely N-dealkylation sites (N-methyl/N-ethyl adjacent to an activating group) is 3. The first kappa shape index (κ1) is 42.7. The lowest BCUT2D eigenvalue weighted by atomic mass is 10.1. The zero-order chi connectivity index (χ0) is 37.1. The van der Waals surface area contributed by atoms with Gasteiger partial charge in [0.2, 0.25) is 20.8 Å². The van der Waals surface area contributed by atoms with Crippen LogP contribution >= 0.6 is 0 Å². The molecule has 0 saturated heterocycles. The zero-order valence-electron chi connectivity index (χ0n) is 29.6. The summed E-state index contributed by atoms with van der Waals surface area (Å²) in [4.78, 5) is 2.54. The van der Waals surface area contributed by atoms with E-state index in [2.05, 4.69) is 156 Å². The maximum absolute atomic E-state index is 9.22. The van der Waals surface area contributed by atoms with Crippen LogP contribution in [0.4, 0.5) is 0 Å². The maximum atomic E-state index is 9.22. The molecule has 0 spiro atoms. The van der Waals surface area contributed by atoms with Crippen molar-refractivity contribution in [3.8, 4) is 0 Å². The van der Waals surface area contributed by atoms with Crippen molar-refractivity contribution < 1.29 is 43.3 Å². The van der Waals surface area contributed by atoms with Crippen molar-refractivity contribution in [2.45, 2.75) is 26.2 Å². The Morgan fingerprint density at radius 3 is 0.880 bits per heavy atom. The highest BCUT2D eigenvalue weighted by Crippen LogP contribution is 2.19. The Labute approximate surface area is 299 Å². The largest absolute Gasteiger partial charge is 0.726 e. The van der Waals surface area contributed by atoms with Gasteiger partial charge in [0, 0.05) is 35.3 Å². The van der Waals surface area contributed by atoms with Crippen molar-refractivity contribution in [1.29, 1.82) is 0 Å². The Morgan fingerprint density at radius 1 is 0.500 bits per heavy atom. The van der Waals surface area contributed by atoms with E-state index < -0.39 is 20.8 Å². The van der Waals surface area contributed by atoms with Crippen molar-refractivity contribution in [1.82, 2.24) is 4.90 Å². The number of nitrogens with zero attached hydrogens (tertiary/aromatic N) is 3. The molecule has 0 N–H and O–H groups in total. The minimum atomic E-state index is -4.41. The van der Waals surface area contributed by atoms with E-state index in [4.69, 9.17) is 0 Å². The molecule has 4 rings (SSSR count). The summed E-state index contributed by atoms with van der Waals surface area (Å²) in [6.07, 6.45) is 0. The molecule has 274 valence electrons. The molecule has 0 radical (unpaired) electrons. The van der Waals surface area contributed by atoms with Crippen LogP contribution in [0.15, 0.2) is 121 Å². The highest BCUT2D eigenvalue weighted by molar-refractivity contribution is 7.81. The summed E-state index contributed by atoms with van der Waals surface area (Å²) in [5.74, 6) is 0. The molecule has 0 aliphatic rings. The molecule has 50 heavy (non-hydrogen) atoms. The summed E-state index contributed by atoms with van der Waals surface area (Å²) >= 11 is 0. The van der Waals surface area contributed by atoms with Crippen LogP contribution in [0.1, 0.15) is 22.3 Å². The molecule has 13 heteroatoms. The summed E-state index contributed by atoms with van der Waals surface area (Å²) in [7, 11) is -0.0810. The zero-order valence-corrected chi connectivity index (χ0v) is 31.3. The van der Waals surface area contributed by atoms with E-state index in [0.29, 0.717) is 0 Å². The molecule has 0 heterocycles. The van der Waals surface area contributed by atoms with E-state index in [9.17, 15) is 25.9 Å². The molecule has 0 atom stereocenters. The van der Waals surface area contributed by atoms with E-state index >= 15 is 0 Å². The second-order valence-corrected chi connectivity index (χ2v) is 15.0. The van der Waals surface area contributed by atoms with Gasteiger partial charge in [0.1, 0.15) is 26.2 Å². The average molecular weight is 730 g/mol. The number of quaternary nitrogens is 2. The van der Waals surface area contributed by atoms with E-state index in [1.165, 1.54) is 22.3 Å². The monoisotopic (exact) mass is 729 g/mol. The smallest absolute Gasteiger partial charge is 0.217 e. The second-order valence-electron chi connectivity index (χ2n) is 12.7. The molecule has 11 nitrogen and oxygen atoms in total. The first-order valence-corrected chi connectivity index (χ1v) is 18.7. The number of hydrogen-bond donors (Lipinski definition) is 0. The van der Waals surface area contributed by atoms with E-state index in [1.54, 1.807) is 0 Å². The van der Waals surface area contributed by atoms with Gasteiger partial charge in [0.15, 0.2) is 0 Å². The van der Waals surface area contributed by atoms with Gasteiger partial charge in [-0.1, -0.05) is 121 Å². The topological polar surface area (TPSA) is 136 Å². The number of hydrogen-bond acceptors (Lipinski definition) is 9. The normalized spacial score (nSPS) is 12.0. The fourth-order valence-electron chi connectivity index (χ4n) is 5.46. The van der Waals surface area contributed by atoms with E-state index in [1.807, 2.05) is 0 Å². The van der Waals surface area contributed by atoms with Gasteiger partial charge in [-0.2, -0.15) is 0 Å². The predicted molar refractivity (Wildman–Crippen MR) is 194 cm³/mol. The molecule has 4 aromatic rings. The summed E-state index contributed by atoms with van der Waals surface area (Å²) in [5.41, 5.74) is 5.62. The van der Waals surface area contributed by atoms with Crippen LogP contribution in [0.5, 0.6) is 0 Å². The van der Waals surface area contributed by atoms with Crippen LogP contribution in [0, 0.1) is 0 Å². The first-order chi connectivity index (χ1) is 23.5. The lowest BCUT2D eigenvalue weighted by molar-refractivity contribution is -0.937. The molecule has 4 aromatic carbocycles. The minimum absolute atomic E-state index is 0.808. The fourth-order valence-corrected chi connectivity index (χ4v) is 5.46. The SMILES string of the molecule is CN(CC[N+](C)(Cc1ccccc1)Cc1ccccc1)CC[N+](C)(Cc1ccccc1)Cc1ccccc1.COS(=O)(=O)[O-].COS(=O)(=O)[O-]. The van der Waals surface area contributed by atoms with Crippen molar-refractivity contribution in [3.05, 3.63) is 144 Å². The molecule has 0 bridgehead atoms. The van der Waals surface area contributed by atoms with Gasteiger partial charge in [-0.25, -0.2) is 16.8 Å². The highest BCUT2D eigenvalue weighted by Gasteiger charge is 2.26. The Kier molecular flexibility index (Phi) is 17.9. The Balaban J connectivity index is 0.000000619. The quantitative estimate of drug-likeness (QED) is 0.0906. The van der Waals surface area contributed by atoms with Crippen LogP contribution in [0.25, 0.3) is 0 Å². The van der Waals surface area contributed by atoms with Crippen molar-refractivity contribution >= 4 is 20.8 Å². The lowest BCUT2D eigenvalue weighted by Gasteiger charge is -2.38. The van der Waals surface area contributed by atoms with Crippen LogP contribution in [0.2, 0.25) is 0 Å². The lowest BCUT2D eigenvalue weighted by Crippen LogP contribution is -2.50. The van der Waals surface area contributed by atoms with Gasteiger partial charge >= 0.3 is 0 Å². The Bertz CT molecular complexity index is 1500. The summed E-state index contributed by atoms with van der Waals surface area (Å²) in [6, 6.07) is 43.8. The van der Waals surface area contributed by atoms with Crippen LogP contribution in [0.3, 0.4) is 0 Å². The number of rotatable bonds is 16. The van der Waals surface area contributed by atoms with Crippen LogP contribution < -0.4 is 0 Å². The molecule has 0 aromatic heterocycles. The van der Waals surface area contributed by atoms with Gasteiger partial charge in [0.25, 0.3) is 0 Å². The van der Waals surface area contributed by atoms with Crippen LogP contribution in [-0.2, 0) is 55.3 Å². The van der Waals surface area contributed by atoms with Crippen molar-refractivity contribution in [2.75, 3.05) is 61.5 Å². The first-order valence-electron chi connectivity index (χ1n) is 16.1. The molecule has 0 aliphatic carbocycles. The van der Waals surface area contributed by atoms with Gasteiger partial charge in [-0.3, -0.25) is 13.3 Å². The third-order valence-corrected chi connectivity index (χ3v) is 8.90. The molecular weight excluding hydrogens is 679 g/mol. The number of benzene rings is 4. The predicted octanol–water partition coefficient (Wildman–Crippen LogP) is 4.80. The molecule has 0 fully saturated rings. The molecule has 0 saturated carbocycles. The van der Waals surface area contributed by atoms with Gasteiger partial charge < -0.3 is 18.1 Å². The third-order valence-electron chi connectivity index (χ3n) is 8.08. The third kappa shape index (κ3) is 19.0. The maximum Gasteiger partial charge on any atom is 0.217 e. The highest BCUT2D eigenvalue weighted by atomic mass is 32.3. The standard InChI is InChI=1S/C35H45N3.2CH4O4S/c1-36(24-26-37(2,28-32-16-8-4-9-17-32)29-33-18-10-5-11-19-33)25-27-38(3,30-34-20-12-6-13-21-34)31-35-22-14-7-15-23-35;2*1-5-6(2,3)4/h4-23H,24-31H2,1-3H3;2*1H3,(H,2,3,4)/q+2;;/p-2. The molecule has 0 amide bonds. The summed E-state index contributed by atoms with van der Waals surface area (Å²) in [5, 5.41) is 0.